The number of hydrogen-bond acceptors (Lipinski definition) is 7. The Bertz CT molecular complexity index is 987. The van der Waals surface area contributed by atoms with Crippen LogP contribution in [0.25, 0.3) is 0 Å². The number of Topliss-reactive ketones (excluding diaryl/α,β-unsaturated/α-hetero) is 2. The van der Waals surface area contributed by atoms with E-state index in [1.54, 1.807) is 11.0 Å². The summed E-state index contributed by atoms with van der Waals surface area (Å²) in [4.78, 5) is 46.1. The molecule has 1 aliphatic carbocycles. The van der Waals surface area contributed by atoms with E-state index in [1.165, 1.54) is 26.4 Å². The van der Waals surface area contributed by atoms with Gasteiger partial charge in [-0.1, -0.05) is 30.3 Å². The third-order valence-electron chi connectivity index (χ3n) is 4.80. The lowest BCUT2D eigenvalue weighted by atomic mass is 9.92. The number of nitrogens with zero attached hydrogens (tertiary/aromatic N) is 3. The summed E-state index contributed by atoms with van der Waals surface area (Å²) < 4.78 is 4.91. The van der Waals surface area contributed by atoms with Crippen LogP contribution in [0.1, 0.15) is 26.4 Å². The van der Waals surface area contributed by atoms with Gasteiger partial charge in [0.1, 0.15) is 23.7 Å². The number of rotatable bonds is 8. The first-order valence-corrected chi connectivity index (χ1v) is 9.43. The second kappa shape index (κ2) is 9.43. The van der Waals surface area contributed by atoms with Crippen LogP contribution in [-0.2, 0) is 16.1 Å². The molecule has 0 radical (unpaired) electrons. The van der Waals surface area contributed by atoms with E-state index in [2.05, 4.69) is 4.98 Å². The number of pyridine rings is 1. The number of carbonyl (C=O) groups excluding carboxylic acids is 3. The first-order valence-electron chi connectivity index (χ1n) is 9.43. The number of ketones is 2. The third-order valence-corrected chi connectivity index (χ3v) is 4.80. The number of fused-ring (bicyclic) bond motifs is 1. The number of carbonyl (C=O) groups is 3. The summed E-state index contributed by atoms with van der Waals surface area (Å²) in [5.41, 5.74) is 1.05. The van der Waals surface area contributed by atoms with Crippen molar-refractivity contribution >= 4 is 17.5 Å². The predicted octanol–water partition coefficient (Wildman–Crippen LogP) is 1.27. The van der Waals surface area contributed by atoms with Crippen molar-refractivity contribution in [3.05, 3.63) is 76.9 Å². The van der Waals surface area contributed by atoms with Crippen LogP contribution in [0.15, 0.2) is 60.1 Å². The fourth-order valence-corrected chi connectivity index (χ4v) is 3.37. The van der Waals surface area contributed by atoms with Gasteiger partial charge in [-0.2, -0.15) is 0 Å². The summed E-state index contributed by atoms with van der Waals surface area (Å²) >= 11 is 0. The van der Waals surface area contributed by atoms with E-state index in [0.717, 1.165) is 10.5 Å². The van der Waals surface area contributed by atoms with E-state index >= 15 is 0 Å². The van der Waals surface area contributed by atoms with Gasteiger partial charge in [0.2, 0.25) is 11.6 Å². The van der Waals surface area contributed by atoms with Crippen molar-refractivity contribution in [2.45, 2.75) is 6.54 Å². The van der Waals surface area contributed by atoms with Crippen LogP contribution >= 0.6 is 0 Å². The van der Waals surface area contributed by atoms with Crippen LogP contribution in [0.3, 0.4) is 0 Å². The highest BCUT2D eigenvalue weighted by molar-refractivity contribution is 6.26. The molecule has 156 valence electrons. The highest BCUT2D eigenvalue weighted by Crippen LogP contribution is 2.30. The minimum atomic E-state index is -0.476. The smallest absolute Gasteiger partial charge is 0.252 e. The number of likely N-dealkylation sites (N-methyl/N-ethyl adjacent to an activating group) is 1. The van der Waals surface area contributed by atoms with E-state index in [4.69, 9.17) is 4.74 Å². The van der Waals surface area contributed by atoms with Crippen molar-refractivity contribution in [2.75, 3.05) is 33.9 Å². The molecule has 0 bridgehead atoms. The predicted molar refractivity (Wildman–Crippen MR) is 109 cm³/mol. The minimum absolute atomic E-state index is 0.0323. The number of amides is 1. The largest absolute Gasteiger partial charge is 0.395 e. The van der Waals surface area contributed by atoms with Gasteiger partial charge >= 0.3 is 0 Å². The van der Waals surface area contributed by atoms with Crippen molar-refractivity contribution in [2.24, 2.45) is 0 Å². The van der Waals surface area contributed by atoms with Gasteiger partial charge in [0, 0.05) is 33.4 Å². The van der Waals surface area contributed by atoms with Gasteiger partial charge in [-0.3, -0.25) is 19.4 Å². The molecule has 30 heavy (non-hydrogen) atoms. The minimum Gasteiger partial charge on any atom is -0.395 e. The van der Waals surface area contributed by atoms with Crippen LogP contribution in [0.2, 0.25) is 0 Å². The van der Waals surface area contributed by atoms with Crippen molar-refractivity contribution in [3.63, 3.8) is 0 Å². The van der Waals surface area contributed by atoms with Gasteiger partial charge < -0.3 is 19.6 Å². The number of aliphatic hydroxyl groups excluding tert-OH is 1. The third kappa shape index (κ3) is 4.14. The van der Waals surface area contributed by atoms with Crippen LogP contribution < -0.4 is 0 Å². The lowest BCUT2D eigenvalue weighted by Crippen LogP contribution is -2.42. The number of hydrogen-bond donors (Lipinski definition) is 1. The molecular formula is C22H23N3O5. The van der Waals surface area contributed by atoms with E-state index in [-0.39, 0.29) is 49.0 Å². The van der Waals surface area contributed by atoms with Gasteiger partial charge in [0.25, 0.3) is 5.91 Å². The highest BCUT2D eigenvalue weighted by Gasteiger charge is 2.39. The van der Waals surface area contributed by atoms with Gasteiger partial charge in [-0.15, -0.1) is 0 Å². The molecule has 0 spiro atoms. The Morgan fingerprint density at radius 2 is 1.80 bits per heavy atom. The zero-order chi connectivity index (χ0) is 21.7. The molecule has 1 aromatic carbocycles. The van der Waals surface area contributed by atoms with Crippen molar-refractivity contribution in [3.8, 4) is 0 Å². The fourth-order valence-electron chi connectivity index (χ4n) is 3.37. The van der Waals surface area contributed by atoms with Crippen LogP contribution in [-0.4, -0.2) is 71.3 Å². The maximum Gasteiger partial charge on any atom is 0.252 e. The van der Waals surface area contributed by atoms with E-state index in [0.29, 0.717) is 0 Å². The van der Waals surface area contributed by atoms with Crippen LogP contribution in [0.5, 0.6) is 0 Å². The summed E-state index contributed by atoms with van der Waals surface area (Å²) in [6, 6.07) is 12.4. The molecule has 8 nitrogen and oxygen atoms in total. The molecule has 0 unspecified atom stereocenters. The number of aromatic nitrogens is 1. The standard InChI is InChI=1S/C22H23N3O5/c1-24(17(27)14-30-2)19-20(22(29)18-16(21(19)28)9-6-10-23-18)25(11-12-26)13-15-7-4-3-5-8-15/h3-10,26H,11-14H2,1-2H3. The Kier molecular flexibility index (Phi) is 6.71. The van der Waals surface area contributed by atoms with E-state index in [9.17, 15) is 19.5 Å². The quantitative estimate of drug-likeness (QED) is 0.701. The molecule has 0 aliphatic heterocycles. The molecule has 8 heteroatoms. The Morgan fingerprint density at radius 3 is 2.47 bits per heavy atom. The number of methoxy groups -OCH3 is 1. The maximum absolute atomic E-state index is 13.4. The van der Waals surface area contributed by atoms with Gasteiger partial charge in [-0.05, 0) is 17.7 Å². The van der Waals surface area contributed by atoms with Gasteiger partial charge in [-0.25, -0.2) is 0 Å². The SMILES string of the molecule is COCC(=O)N(C)C1=C(N(CCO)Cc2ccccc2)C(=O)c2ncccc2C1=O. The summed E-state index contributed by atoms with van der Waals surface area (Å²) in [5, 5.41) is 9.63. The number of ether oxygens (including phenoxy) is 1. The maximum atomic E-state index is 13.4. The van der Waals surface area contributed by atoms with Crippen LogP contribution in [0, 0.1) is 0 Å². The molecule has 1 amide bonds. The monoisotopic (exact) mass is 409 g/mol. The first-order chi connectivity index (χ1) is 14.5. The molecule has 0 saturated carbocycles. The average molecular weight is 409 g/mol. The normalized spacial score (nSPS) is 13.3. The lowest BCUT2D eigenvalue weighted by Gasteiger charge is -2.33. The Labute approximate surface area is 174 Å². The molecule has 3 rings (SSSR count). The topological polar surface area (TPSA) is 100 Å². The summed E-state index contributed by atoms with van der Waals surface area (Å²) in [6.07, 6.45) is 1.44. The van der Waals surface area contributed by atoms with Gasteiger partial charge in [0.05, 0.1) is 12.2 Å². The Hall–Kier alpha value is -3.36. The molecule has 0 fully saturated rings. The Morgan fingerprint density at radius 1 is 1.07 bits per heavy atom. The molecule has 1 aliphatic rings. The van der Waals surface area contributed by atoms with E-state index in [1.807, 2.05) is 30.3 Å². The molecule has 2 aromatic rings. The van der Waals surface area contributed by atoms with Crippen molar-refractivity contribution in [1.29, 1.82) is 0 Å². The van der Waals surface area contributed by atoms with Crippen molar-refractivity contribution < 1.29 is 24.2 Å². The van der Waals surface area contributed by atoms with Crippen molar-refractivity contribution in [1.82, 2.24) is 14.8 Å². The van der Waals surface area contributed by atoms with E-state index < -0.39 is 17.5 Å². The lowest BCUT2D eigenvalue weighted by molar-refractivity contribution is -0.131. The summed E-state index contributed by atoms with van der Waals surface area (Å²) in [5.74, 6) is -1.42. The summed E-state index contributed by atoms with van der Waals surface area (Å²) in [7, 11) is 2.81. The molecule has 0 atom stereocenters. The second-order valence-corrected chi connectivity index (χ2v) is 6.77. The molecular weight excluding hydrogens is 386 g/mol. The average Bonchev–Trinajstić information content (AvgIpc) is 2.76. The first kappa shape index (κ1) is 21.4. The number of aliphatic hydroxyl groups is 1. The second-order valence-electron chi connectivity index (χ2n) is 6.77. The zero-order valence-corrected chi connectivity index (χ0v) is 16.9. The molecule has 1 heterocycles. The number of benzene rings is 1. The highest BCUT2D eigenvalue weighted by atomic mass is 16.5. The van der Waals surface area contributed by atoms with Crippen LogP contribution in [0.4, 0.5) is 0 Å². The fraction of sp³-hybridized carbons (Fsp3) is 0.273. The Balaban J connectivity index is 2.16. The zero-order valence-electron chi connectivity index (χ0n) is 16.9. The molecule has 0 saturated heterocycles. The molecule has 1 N–H and O–H groups in total. The summed E-state index contributed by atoms with van der Waals surface area (Å²) in [6.45, 7) is -0.113. The number of allylic oxidation sites excluding steroid dienone is 2. The molecule has 1 aromatic heterocycles. The van der Waals surface area contributed by atoms with Gasteiger partial charge in [0.15, 0.2) is 0 Å².